The summed E-state index contributed by atoms with van der Waals surface area (Å²) >= 11 is 0. The van der Waals surface area contributed by atoms with Crippen molar-refractivity contribution < 1.29 is 37.7 Å². The Kier molecular flexibility index (Phi) is 6.20. The lowest BCUT2D eigenvalue weighted by Crippen LogP contribution is -2.48. The Labute approximate surface area is 171 Å². The Balaban J connectivity index is 2.00. The molecule has 2 heterocycles. The van der Waals surface area contributed by atoms with Gasteiger partial charge in [0.15, 0.2) is 18.3 Å². The number of carbonyl (C=O) groups is 3. The standard InChI is InChI=1S/C21H20O9/c1-11(22)26-10-18(27-12(2)23)20(28-13(3)24)17-9-8-15-19(29-17)14-6-4-5-7-16(14)30-21(15)25/h4-9,17-18,20H,10H2,1-3H3/t17-,18-,20+/m1/s1. The molecule has 1 aliphatic heterocycles. The van der Waals surface area contributed by atoms with Gasteiger partial charge in [0.1, 0.15) is 23.5 Å². The molecular formula is C21H20O9. The lowest BCUT2D eigenvalue weighted by atomic mass is 10.0. The molecule has 1 aromatic heterocycles. The van der Waals surface area contributed by atoms with E-state index in [2.05, 4.69) is 0 Å². The van der Waals surface area contributed by atoms with Crippen molar-refractivity contribution in [1.29, 1.82) is 0 Å². The molecule has 1 aliphatic rings. The number of fused-ring (bicyclic) bond motifs is 3. The maximum Gasteiger partial charge on any atom is 0.347 e. The van der Waals surface area contributed by atoms with Crippen LogP contribution in [0.2, 0.25) is 0 Å². The first-order valence-corrected chi connectivity index (χ1v) is 9.14. The topological polar surface area (TPSA) is 118 Å². The van der Waals surface area contributed by atoms with Crippen LogP contribution in [0.3, 0.4) is 0 Å². The van der Waals surface area contributed by atoms with Crippen molar-refractivity contribution in [2.45, 2.75) is 39.1 Å². The van der Waals surface area contributed by atoms with Gasteiger partial charge in [-0.3, -0.25) is 14.4 Å². The minimum atomic E-state index is -1.14. The van der Waals surface area contributed by atoms with Gasteiger partial charge in [0, 0.05) is 20.8 Å². The fraction of sp³-hybridized carbons (Fsp3) is 0.333. The molecule has 0 spiro atoms. The first-order valence-electron chi connectivity index (χ1n) is 9.14. The summed E-state index contributed by atoms with van der Waals surface area (Å²) in [6.45, 7) is 3.22. The highest BCUT2D eigenvalue weighted by atomic mass is 16.6. The normalized spacial score (nSPS) is 16.7. The molecule has 0 fully saturated rings. The monoisotopic (exact) mass is 416 g/mol. The lowest BCUT2D eigenvalue weighted by Gasteiger charge is -2.32. The van der Waals surface area contributed by atoms with Crippen LogP contribution in [0.25, 0.3) is 17.0 Å². The van der Waals surface area contributed by atoms with Gasteiger partial charge < -0.3 is 23.4 Å². The van der Waals surface area contributed by atoms with E-state index >= 15 is 0 Å². The number of hydrogen-bond acceptors (Lipinski definition) is 9. The van der Waals surface area contributed by atoms with Gasteiger partial charge in [-0.1, -0.05) is 12.1 Å². The van der Waals surface area contributed by atoms with E-state index < -0.39 is 41.8 Å². The van der Waals surface area contributed by atoms with Gasteiger partial charge in [0.05, 0.1) is 5.39 Å². The van der Waals surface area contributed by atoms with E-state index in [1.165, 1.54) is 32.9 Å². The van der Waals surface area contributed by atoms with Crippen LogP contribution in [0.4, 0.5) is 0 Å². The lowest BCUT2D eigenvalue weighted by molar-refractivity contribution is -0.178. The van der Waals surface area contributed by atoms with Gasteiger partial charge >= 0.3 is 23.5 Å². The van der Waals surface area contributed by atoms with Crippen molar-refractivity contribution in [3.8, 4) is 5.75 Å². The molecular weight excluding hydrogens is 396 g/mol. The van der Waals surface area contributed by atoms with Crippen LogP contribution in [0, 0.1) is 0 Å². The third-order valence-corrected chi connectivity index (χ3v) is 4.27. The molecule has 30 heavy (non-hydrogen) atoms. The van der Waals surface area contributed by atoms with Gasteiger partial charge in [-0.25, -0.2) is 4.79 Å². The Morgan fingerprint density at radius 2 is 1.73 bits per heavy atom. The zero-order valence-corrected chi connectivity index (χ0v) is 16.6. The third-order valence-electron chi connectivity index (χ3n) is 4.27. The molecule has 0 saturated heterocycles. The maximum absolute atomic E-state index is 12.3. The Bertz CT molecular complexity index is 1070. The molecule has 0 amide bonds. The van der Waals surface area contributed by atoms with Gasteiger partial charge in [0.2, 0.25) is 0 Å². The average Bonchev–Trinajstić information content (AvgIpc) is 2.69. The number of para-hydroxylation sites is 1. The number of hydrogen-bond donors (Lipinski definition) is 0. The Hall–Kier alpha value is -3.62. The van der Waals surface area contributed by atoms with Gasteiger partial charge in [0.25, 0.3) is 0 Å². The van der Waals surface area contributed by atoms with Crippen LogP contribution in [0.1, 0.15) is 26.3 Å². The molecule has 0 unspecified atom stereocenters. The summed E-state index contributed by atoms with van der Waals surface area (Å²) in [6, 6.07) is 6.81. The number of rotatable bonds is 6. The van der Waals surface area contributed by atoms with E-state index in [-0.39, 0.29) is 17.9 Å². The molecule has 158 valence electrons. The molecule has 0 aliphatic carbocycles. The number of carbonyl (C=O) groups excluding carboxylic acids is 3. The van der Waals surface area contributed by atoms with E-state index in [1.807, 2.05) is 0 Å². The summed E-state index contributed by atoms with van der Waals surface area (Å²) < 4.78 is 26.8. The molecule has 0 N–H and O–H groups in total. The molecule has 2 aromatic rings. The molecule has 9 nitrogen and oxygen atoms in total. The van der Waals surface area contributed by atoms with E-state index in [4.69, 9.17) is 23.4 Å². The highest BCUT2D eigenvalue weighted by molar-refractivity contribution is 5.87. The van der Waals surface area contributed by atoms with Crippen molar-refractivity contribution in [3.63, 3.8) is 0 Å². The largest absolute Gasteiger partial charge is 0.481 e. The summed E-state index contributed by atoms with van der Waals surface area (Å²) in [4.78, 5) is 46.8. The van der Waals surface area contributed by atoms with E-state index in [0.717, 1.165) is 0 Å². The summed E-state index contributed by atoms with van der Waals surface area (Å²) in [5.41, 5.74) is -0.0507. The predicted octanol–water partition coefficient (Wildman–Crippen LogP) is 1.99. The fourth-order valence-electron chi connectivity index (χ4n) is 3.10. The molecule has 3 atom stereocenters. The van der Waals surface area contributed by atoms with Gasteiger partial charge in [-0.15, -0.1) is 0 Å². The first-order chi connectivity index (χ1) is 14.3. The quantitative estimate of drug-likeness (QED) is 0.396. The van der Waals surface area contributed by atoms with E-state index in [1.54, 1.807) is 24.3 Å². The number of ether oxygens (including phenoxy) is 4. The fourth-order valence-corrected chi connectivity index (χ4v) is 3.10. The zero-order chi connectivity index (χ0) is 21.8. The van der Waals surface area contributed by atoms with Crippen molar-refractivity contribution in [3.05, 3.63) is 46.3 Å². The maximum atomic E-state index is 12.3. The van der Waals surface area contributed by atoms with Crippen molar-refractivity contribution in [2.24, 2.45) is 0 Å². The Morgan fingerprint density at radius 1 is 1.03 bits per heavy atom. The highest BCUT2D eigenvalue weighted by Gasteiger charge is 2.38. The van der Waals surface area contributed by atoms with Gasteiger partial charge in [-0.05, 0) is 24.3 Å². The summed E-state index contributed by atoms with van der Waals surface area (Å²) in [7, 11) is 0. The molecule has 0 radical (unpaired) electrons. The zero-order valence-electron chi connectivity index (χ0n) is 16.6. The number of benzene rings is 1. The van der Waals surface area contributed by atoms with Crippen LogP contribution < -0.4 is 10.4 Å². The minimum Gasteiger partial charge on any atom is -0.481 e. The molecule has 0 bridgehead atoms. The van der Waals surface area contributed by atoms with Crippen molar-refractivity contribution in [2.75, 3.05) is 6.61 Å². The Morgan fingerprint density at radius 3 is 2.40 bits per heavy atom. The SMILES string of the molecule is CC(=O)OC[C@@H](OC(C)=O)[C@@H](OC(C)=O)[C@H]1C=Cc2c(c3ccccc3oc2=O)O1. The summed E-state index contributed by atoms with van der Waals surface area (Å²) in [5, 5.41) is 0.548. The molecule has 3 rings (SSSR count). The average molecular weight is 416 g/mol. The number of esters is 3. The molecule has 1 aromatic carbocycles. The first kappa shape index (κ1) is 21.1. The van der Waals surface area contributed by atoms with Crippen LogP contribution in [0.15, 0.2) is 39.6 Å². The summed E-state index contributed by atoms with van der Waals surface area (Å²) in [5.74, 6) is -1.65. The second-order valence-electron chi connectivity index (χ2n) is 6.59. The second kappa shape index (κ2) is 8.81. The van der Waals surface area contributed by atoms with E-state index in [9.17, 15) is 19.2 Å². The van der Waals surface area contributed by atoms with Crippen LogP contribution in [0.5, 0.6) is 5.75 Å². The predicted molar refractivity (Wildman–Crippen MR) is 104 cm³/mol. The van der Waals surface area contributed by atoms with E-state index in [0.29, 0.717) is 11.0 Å². The smallest absolute Gasteiger partial charge is 0.347 e. The van der Waals surface area contributed by atoms with Crippen LogP contribution in [-0.4, -0.2) is 42.8 Å². The molecule has 0 saturated carbocycles. The third kappa shape index (κ3) is 4.68. The van der Waals surface area contributed by atoms with Crippen LogP contribution >= 0.6 is 0 Å². The second-order valence-corrected chi connectivity index (χ2v) is 6.59. The minimum absolute atomic E-state index is 0.204. The van der Waals surface area contributed by atoms with Crippen molar-refractivity contribution in [1.82, 2.24) is 0 Å². The highest BCUT2D eigenvalue weighted by Crippen LogP contribution is 2.33. The van der Waals surface area contributed by atoms with Crippen LogP contribution in [-0.2, 0) is 28.6 Å². The van der Waals surface area contributed by atoms with Gasteiger partial charge in [-0.2, -0.15) is 0 Å². The molecule has 9 heteroatoms. The van der Waals surface area contributed by atoms with Crippen molar-refractivity contribution >= 4 is 35.0 Å². The summed E-state index contributed by atoms with van der Waals surface area (Å²) in [6.07, 6.45) is -0.202.